The summed E-state index contributed by atoms with van der Waals surface area (Å²) in [5, 5.41) is 0.0176. The summed E-state index contributed by atoms with van der Waals surface area (Å²) in [6.07, 6.45) is 0. The molecule has 0 aliphatic carbocycles. The Morgan fingerprint density at radius 2 is 1.84 bits per heavy atom. The topological polar surface area (TPSA) is 21.7 Å². The van der Waals surface area contributed by atoms with Gasteiger partial charge in [0.1, 0.15) is 5.75 Å². The lowest BCUT2D eigenvalue weighted by atomic mass is 9.99. The Hall–Kier alpha value is -0.770. The molecule has 3 nitrogen and oxygen atoms in total. The minimum absolute atomic E-state index is 0.0176. The highest BCUT2D eigenvalue weighted by Gasteiger charge is 2.19. The Kier molecular flexibility index (Phi) is 5.08. The van der Waals surface area contributed by atoms with Gasteiger partial charge in [0.2, 0.25) is 0 Å². The number of hydrogen-bond donors (Lipinski definition) is 0. The van der Waals surface area contributed by atoms with Gasteiger partial charge in [0, 0.05) is 19.6 Å². The predicted octanol–water partition coefficient (Wildman–Crippen LogP) is 2.92. The van der Waals surface area contributed by atoms with E-state index in [1.165, 1.54) is 16.7 Å². The monoisotopic (exact) mass is 283 g/mol. The van der Waals surface area contributed by atoms with Crippen LogP contribution < -0.4 is 4.74 Å². The number of hydrogen-bond acceptors (Lipinski definition) is 3. The SMILES string of the molecule is COc1cc(C)c(C(Cl)CN2CCOCC2)c(C)c1. The zero-order valence-electron chi connectivity index (χ0n) is 11.9. The molecule has 0 bridgehead atoms. The average Bonchev–Trinajstić information content (AvgIpc) is 2.38. The van der Waals surface area contributed by atoms with Gasteiger partial charge >= 0.3 is 0 Å². The molecule has 1 aromatic carbocycles. The fourth-order valence-corrected chi connectivity index (χ4v) is 3.19. The maximum Gasteiger partial charge on any atom is 0.119 e. The number of rotatable bonds is 4. The molecule has 1 saturated heterocycles. The predicted molar refractivity (Wildman–Crippen MR) is 78.3 cm³/mol. The van der Waals surface area contributed by atoms with Crippen LogP contribution in [0, 0.1) is 13.8 Å². The molecule has 1 unspecified atom stereocenters. The molecule has 1 aliphatic rings. The van der Waals surface area contributed by atoms with Gasteiger partial charge in [-0.15, -0.1) is 11.6 Å². The van der Waals surface area contributed by atoms with Crippen molar-refractivity contribution in [3.8, 4) is 5.75 Å². The molecular formula is C15H22ClNO2. The van der Waals surface area contributed by atoms with E-state index >= 15 is 0 Å². The Labute approximate surface area is 120 Å². The van der Waals surface area contributed by atoms with Crippen molar-refractivity contribution in [2.75, 3.05) is 40.0 Å². The van der Waals surface area contributed by atoms with Crippen LogP contribution in [0.4, 0.5) is 0 Å². The fourth-order valence-electron chi connectivity index (χ4n) is 2.65. The van der Waals surface area contributed by atoms with Gasteiger partial charge < -0.3 is 9.47 Å². The van der Waals surface area contributed by atoms with E-state index in [9.17, 15) is 0 Å². The first-order chi connectivity index (χ1) is 9.11. The Balaban J connectivity index is 2.11. The summed E-state index contributed by atoms with van der Waals surface area (Å²) in [4.78, 5) is 2.37. The van der Waals surface area contributed by atoms with Crippen molar-refractivity contribution in [2.24, 2.45) is 0 Å². The van der Waals surface area contributed by atoms with Crippen molar-refractivity contribution in [2.45, 2.75) is 19.2 Å². The van der Waals surface area contributed by atoms with E-state index in [4.69, 9.17) is 21.1 Å². The Bertz CT molecular complexity index is 407. The lowest BCUT2D eigenvalue weighted by Gasteiger charge is -2.29. The number of alkyl halides is 1. The lowest BCUT2D eigenvalue weighted by molar-refractivity contribution is 0.0378. The summed E-state index contributed by atoms with van der Waals surface area (Å²) in [6.45, 7) is 8.63. The van der Waals surface area contributed by atoms with Crippen LogP contribution in [-0.4, -0.2) is 44.9 Å². The highest BCUT2D eigenvalue weighted by Crippen LogP contribution is 2.31. The molecule has 0 N–H and O–H groups in total. The third-order valence-electron chi connectivity index (χ3n) is 3.64. The minimum atomic E-state index is 0.0176. The maximum atomic E-state index is 6.62. The second kappa shape index (κ2) is 6.60. The van der Waals surface area contributed by atoms with Crippen molar-refractivity contribution in [1.29, 1.82) is 0 Å². The highest BCUT2D eigenvalue weighted by molar-refractivity contribution is 6.21. The van der Waals surface area contributed by atoms with Crippen LogP contribution in [0.25, 0.3) is 0 Å². The van der Waals surface area contributed by atoms with E-state index in [1.54, 1.807) is 7.11 Å². The molecule has 0 amide bonds. The number of halogens is 1. The van der Waals surface area contributed by atoms with Crippen LogP contribution in [0.5, 0.6) is 5.75 Å². The van der Waals surface area contributed by atoms with Gasteiger partial charge in [0.05, 0.1) is 25.7 Å². The first kappa shape index (κ1) is 14.6. The quantitative estimate of drug-likeness (QED) is 0.793. The molecule has 106 valence electrons. The zero-order valence-corrected chi connectivity index (χ0v) is 12.7. The summed E-state index contributed by atoms with van der Waals surface area (Å²) in [6, 6.07) is 4.11. The van der Waals surface area contributed by atoms with Crippen LogP contribution in [-0.2, 0) is 4.74 Å². The molecule has 19 heavy (non-hydrogen) atoms. The van der Waals surface area contributed by atoms with E-state index in [0.717, 1.165) is 38.6 Å². The standard InChI is InChI=1S/C15H22ClNO2/c1-11-8-13(18-3)9-12(2)15(11)14(16)10-17-4-6-19-7-5-17/h8-9,14H,4-7,10H2,1-3H3. The van der Waals surface area contributed by atoms with E-state index in [-0.39, 0.29) is 5.38 Å². The van der Waals surface area contributed by atoms with Crippen LogP contribution in [0.1, 0.15) is 22.1 Å². The van der Waals surface area contributed by atoms with Crippen LogP contribution in [0.15, 0.2) is 12.1 Å². The van der Waals surface area contributed by atoms with Crippen molar-refractivity contribution >= 4 is 11.6 Å². The highest BCUT2D eigenvalue weighted by atomic mass is 35.5. The molecule has 1 aliphatic heterocycles. The number of ether oxygens (including phenoxy) is 2. The minimum Gasteiger partial charge on any atom is -0.497 e. The smallest absolute Gasteiger partial charge is 0.119 e. The van der Waals surface area contributed by atoms with Crippen molar-refractivity contribution in [3.05, 3.63) is 28.8 Å². The van der Waals surface area contributed by atoms with E-state index in [0.29, 0.717) is 0 Å². The van der Waals surface area contributed by atoms with E-state index in [2.05, 4.69) is 30.9 Å². The third kappa shape index (κ3) is 3.62. The molecule has 2 rings (SSSR count). The molecule has 4 heteroatoms. The maximum absolute atomic E-state index is 6.62. The molecule has 1 atom stereocenters. The second-order valence-corrected chi connectivity index (χ2v) is 5.58. The third-order valence-corrected chi connectivity index (χ3v) is 3.99. The molecule has 1 aromatic rings. The normalized spacial score (nSPS) is 18.3. The molecule has 1 heterocycles. The van der Waals surface area contributed by atoms with Crippen LogP contribution in [0.3, 0.4) is 0 Å². The summed E-state index contributed by atoms with van der Waals surface area (Å²) in [7, 11) is 1.69. The summed E-state index contributed by atoms with van der Waals surface area (Å²) < 4.78 is 10.7. The second-order valence-electron chi connectivity index (χ2n) is 5.06. The molecule has 0 aromatic heterocycles. The number of methoxy groups -OCH3 is 1. The first-order valence-corrected chi connectivity index (χ1v) is 7.14. The van der Waals surface area contributed by atoms with Gasteiger partial charge in [0.15, 0.2) is 0 Å². The number of nitrogens with zero attached hydrogens (tertiary/aromatic N) is 1. The summed E-state index contributed by atoms with van der Waals surface area (Å²) >= 11 is 6.62. The number of morpholine rings is 1. The zero-order chi connectivity index (χ0) is 13.8. The van der Waals surface area contributed by atoms with Gasteiger partial charge in [-0.25, -0.2) is 0 Å². The van der Waals surface area contributed by atoms with Crippen molar-refractivity contribution in [1.82, 2.24) is 4.90 Å². The van der Waals surface area contributed by atoms with Crippen LogP contribution >= 0.6 is 11.6 Å². The van der Waals surface area contributed by atoms with Gasteiger partial charge in [-0.1, -0.05) is 0 Å². The summed E-state index contributed by atoms with van der Waals surface area (Å²) in [5.41, 5.74) is 3.63. The molecule has 0 radical (unpaired) electrons. The van der Waals surface area contributed by atoms with Gasteiger partial charge in [-0.3, -0.25) is 4.90 Å². The number of aryl methyl sites for hydroxylation is 2. The van der Waals surface area contributed by atoms with Crippen LogP contribution in [0.2, 0.25) is 0 Å². The van der Waals surface area contributed by atoms with Crippen molar-refractivity contribution < 1.29 is 9.47 Å². The molecular weight excluding hydrogens is 262 g/mol. The largest absolute Gasteiger partial charge is 0.497 e. The van der Waals surface area contributed by atoms with Gasteiger partial charge in [-0.2, -0.15) is 0 Å². The molecule has 0 saturated carbocycles. The summed E-state index contributed by atoms with van der Waals surface area (Å²) in [5.74, 6) is 0.897. The van der Waals surface area contributed by atoms with Gasteiger partial charge in [0.25, 0.3) is 0 Å². The molecule has 0 spiro atoms. The van der Waals surface area contributed by atoms with Crippen molar-refractivity contribution in [3.63, 3.8) is 0 Å². The lowest BCUT2D eigenvalue weighted by Crippen LogP contribution is -2.38. The van der Waals surface area contributed by atoms with Gasteiger partial charge in [-0.05, 0) is 42.7 Å². The Morgan fingerprint density at radius 3 is 2.37 bits per heavy atom. The number of benzene rings is 1. The van der Waals surface area contributed by atoms with E-state index in [1.807, 2.05) is 0 Å². The average molecular weight is 284 g/mol. The Morgan fingerprint density at radius 1 is 1.26 bits per heavy atom. The molecule has 1 fully saturated rings. The first-order valence-electron chi connectivity index (χ1n) is 6.71. The fraction of sp³-hybridized carbons (Fsp3) is 0.600. The van der Waals surface area contributed by atoms with E-state index < -0.39 is 0 Å².